The molecule has 3 heteroatoms. The Balaban J connectivity index is 1.97. The molecule has 0 heterocycles. The molecule has 0 aliphatic heterocycles. The molecule has 0 aromatic heterocycles. The fourth-order valence-corrected chi connectivity index (χ4v) is 1.87. The number of benzene rings is 2. The van der Waals surface area contributed by atoms with E-state index in [-0.39, 0.29) is 6.10 Å². The van der Waals surface area contributed by atoms with Gasteiger partial charge in [0, 0.05) is 11.6 Å². The summed E-state index contributed by atoms with van der Waals surface area (Å²) in [6.07, 6.45) is -0.0677. The van der Waals surface area contributed by atoms with Crippen LogP contribution >= 0.6 is 11.6 Å². The molecule has 2 N–H and O–H groups in total. The van der Waals surface area contributed by atoms with Gasteiger partial charge in [-0.3, -0.25) is 0 Å². The Morgan fingerprint density at radius 3 is 2.28 bits per heavy atom. The van der Waals surface area contributed by atoms with Crippen LogP contribution in [-0.4, -0.2) is 6.54 Å². The Kier molecular flexibility index (Phi) is 4.76. The number of halogens is 1. The van der Waals surface area contributed by atoms with Crippen molar-refractivity contribution in [2.45, 2.75) is 12.7 Å². The van der Waals surface area contributed by atoms with Gasteiger partial charge in [0.1, 0.15) is 0 Å². The summed E-state index contributed by atoms with van der Waals surface area (Å²) >= 11 is 5.84. The normalized spacial score (nSPS) is 12.3. The second-order valence-electron chi connectivity index (χ2n) is 4.07. The van der Waals surface area contributed by atoms with Gasteiger partial charge < -0.3 is 10.5 Å². The lowest BCUT2D eigenvalue weighted by Gasteiger charge is -2.16. The summed E-state index contributed by atoms with van der Waals surface area (Å²) in [5.41, 5.74) is 7.94. The summed E-state index contributed by atoms with van der Waals surface area (Å²) in [5, 5.41) is 0.734. The molecule has 2 aromatic carbocycles. The summed E-state index contributed by atoms with van der Waals surface area (Å²) in [7, 11) is 0. The summed E-state index contributed by atoms with van der Waals surface area (Å²) in [6.45, 7) is 1.01. The van der Waals surface area contributed by atoms with E-state index >= 15 is 0 Å². The maximum atomic E-state index is 5.84. The van der Waals surface area contributed by atoms with E-state index < -0.39 is 0 Å². The van der Waals surface area contributed by atoms with E-state index in [0.29, 0.717) is 13.2 Å². The molecule has 0 aliphatic carbocycles. The van der Waals surface area contributed by atoms with E-state index in [1.54, 1.807) is 0 Å². The standard InChI is InChI=1S/C15H16ClNO/c16-14-8-6-12(7-9-14)11-18-15(10-17)13-4-2-1-3-5-13/h1-9,15H,10-11,17H2. The molecule has 0 bridgehead atoms. The molecular formula is C15H16ClNO. The molecule has 0 spiro atoms. The van der Waals surface area contributed by atoms with E-state index in [2.05, 4.69) is 0 Å². The SMILES string of the molecule is NCC(OCc1ccc(Cl)cc1)c1ccccc1. The molecule has 18 heavy (non-hydrogen) atoms. The predicted octanol–water partition coefficient (Wildman–Crippen LogP) is 3.56. The van der Waals surface area contributed by atoms with Crippen molar-refractivity contribution in [3.63, 3.8) is 0 Å². The Bertz CT molecular complexity index is 470. The van der Waals surface area contributed by atoms with Crippen molar-refractivity contribution in [1.82, 2.24) is 0 Å². The van der Waals surface area contributed by atoms with Crippen LogP contribution in [0.2, 0.25) is 5.02 Å². The van der Waals surface area contributed by atoms with Gasteiger partial charge >= 0.3 is 0 Å². The molecule has 0 aliphatic rings. The molecule has 2 rings (SSSR count). The number of hydrogen-bond acceptors (Lipinski definition) is 2. The summed E-state index contributed by atoms with van der Waals surface area (Å²) < 4.78 is 5.84. The molecule has 0 amide bonds. The third kappa shape index (κ3) is 3.57. The number of rotatable bonds is 5. The van der Waals surface area contributed by atoms with Crippen LogP contribution in [0.5, 0.6) is 0 Å². The maximum Gasteiger partial charge on any atom is 0.0951 e. The van der Waals surface area contributed by atoms with Gasteiger partial charge in [-0.15, -0.1) is 0 Å². The van der Waals surface area contributed by atoms with Gasteiger partial charge in [-0.1, -0.05) is 54.1 Å². The van der Waals surface area contributed by atoms with Gasteiger partial charge in [-0.25, -0.2) is 0 Å². The van der Waals surface area contributed by atoms with Gasteiger partial charge in [0.15, 0.2) is 0 Å². The van der Waals surface area contributed by atoms with Gasteiger partial charge in [0.2, 0.25) is 0 Å². The zero-order chi connectivity index (χ0) is 12.8. The first-order valence-electron chi connectivity index (χ1n) is 5.90. The van der Waals surface area contributed by atoms with Crippen LogP contribution in [0.3, 0.4) is 0 Å². The number of ether oxygens (including phenoxy) is 1. The average molecular weight is 262 g/mol. The first-order chi connectivity index (χ1) is 8.79. The van der Waals surface area contributed by atoms with E-state index in [4.69, 9.17) is 22.1 Å². The van der Waals surface area contributed by atoms with E-state index in [1.807, 2.05) is 54.6 Å². The summed E-state index contributed by atoms with van der Waals surface area (Å²) in [4.78, 5) is 0. The van der Waals surface area contributed by atoms with Crippen molar-refractivity contribution in [3.05, 3.63) is 70.7 Å². The quantitative estimate of drug-likeness (QED) is 0.893. The highest BCUT2D eigenvalue weighted by atomic mass is 35.5. The molecular weight excluding hydrogens is 246 g/mol. The molecule has 94 valence electrons. The van der Waals surface area contributed by atoms with Crippen LogP contribution in [0, 0.1) is 0 Å². The van der Waals surface area contributed by atoms with Crippen molar-refractivity contribution in [2.75, 3.05) is 6.54 Å². The zero-order valence-electron chi connectivity index (χ0n) is 10.1. The second-order valence-corrected chi connectivity index (χ2v) is 4.51. The smallest absolute Gasteiger partial charge is 0.0951 e. The van der Waals surface area contributed by atoms with Crippen LogP contribution in [-0.2, 0) is 11.3 Å². The topological polar surface area (TPSA) is 35.2 Å². The predicted molar refractivity (Wildman–Crippen MR) is 74.5 cm³/mol. The Morgan fingerprint density at radius 1 is 1.00 bits per heavy atom. The summed E-state index contributed by atoms with van der Waals surface area (Å²) in [5.74, 6) is 0. The molecule has 0 saturated carbocycles. The van der Waals surface area contributed by atoms with Crippen molar-refractivity contribution in [3.8, 4) is 0 Å². The van der Waals surface area contributed by atoms with Crippen molar-refractivity contribution >= 4 is 11.6 Å². The molecule has 2 nitrogen and oxygen atoms in total. The molecule has 0 fully saturated rings. The van der Waals surface area contributed by atoms with Crippen molar-refractivity contribution in [2.24, 2.45) is 5.73 Å². The van der Waals surface area contributed by atoms with Gasteiger partial charge in [0.05, 0.1) is 12.7 Å². The Morgan fingerprint density at radius 2 is 1.67 bits per heavy atom. The maximum absolute atomic E-state index is 5.84. The first-order valence-corrected chi connectivity index (χ1v) is 6.28. The average Bonchev–Trinajstić information content (AvgIpc) is 2.43. The zero-order valence-corrected chi connectivity index (χ0v) is 10.8. The van der Waals surface area contributed by atoms with E-state index in [0.717, 1.165) is 16.1 Å². The van der Waals surface area contributed by atoms with Crippen LogP contribution in [0.25, 0.3) is 0 Å². The van der Waals surface area contributed by atoms with E-state index in [1.165, 1.54) is 0 Å². The van der Waals surface area contributed by atoms with Gasteiger partial charge in [0.25, 0.3) is 0 Å². The summed E-state index contributed by atoms with van der Waals surface area (Å²) in [6, 6.07) is 17.7. The minimum atomic E-state index is -0.0677. The Hall–Kier alpha value is -1.35. The van der Waals surface area contributed by atoms with E-state index in [9.17, 15) is 0 Å². The number of nitrogens with two attached hydrogens (primary N) is 1. The lowest BCUT2D eigenvalue weighted by molar-refractivity contribution is 0.0456. The molecule has 1 unspecified atom stereocenters. The first kappa shape index (κ1) is 13.1. The largest absolute Gasteiger partial charge is 0.368 e. The highest BCUT2D eigenvalue weighted by molar-refractivity contribution is 6.30. The van der Waals surface area contributed by atoms with Crippen LogP contribution in [0.1, 0.15) is 17.2 Å². The van der Waals surface area contributed by atoms with Gasteiger partial charge in [-0.05, 0) is 23.3 Å². The molecule has 1 atom stereocenters. The lowest BCUT2D eigenvalue weighted by atomic mass is 10.1. The highest BCUT2D eigenvalue weighted by Crippen LogP contribution is 2.18. The van der Waals surface area contributed by atoms with Crippen molar-refractivity contribution in [1.29, 1.82) is 0 Å². The molecule has 0 saturated heterocycles. The fourth-order valence-electron chi connectivity index (χ4n) is 1.75. The molecule has 0 radical (unpaired) electrons. The third-order valence-electron chi connectivity index (χ3n) is 2.75. The lowest BCUT2D eigenvalue weighted by Crippen LogP contribution is -2.15. The monoisotopic (exact) mass is 261 g/mol. The van der Waals surface area contributed by atoms with Crippen LogP contribution in [0.15, 0.2) is 54.6 Å². The molecule has 2 aromatic rings. The minimum Gasteiger partial charge on any atom is -0.368 e. The van der Waals surface area contributed by atoms with Crippen LogP contribution in [0.4, 0.5) is 0 Å². The second kappa shape index (κ2) is 6.55. The Labute approximate surface area is 112 Å². The highest BCUT2D eigenvalue weighted by Gasteiger charge is 2.09. The van der Waals surface area contributed by atoms with Crippen molar-refractivity contribution < 1.29 is 4.74 Å². The fraction of sp³-hybridized carbons (Fsp3) is 0.200. The third-order valence-corrected chi connectivity index (χ3v) is 3.00. The number of hydrogen-bond donors (Lipinski definition) is 1. The van der Waals surface area contributed by atoms with Crippen LogP contribution < -0.4 is 5.73 Å². The minimum absolute atomic E-state index is 0.0677. The van der Waals surface area contributed by atoms with Gasteiger partial charge in [-0.2, -0.15) is 0 Å².